The van der Waals surface area contributed by atoms with Gasteiger partial charge in [-0.05, 0) is 25.7 Å². The van der Waals surface area contributed by atoms with Gasteiger partial charge in [0.05, 0.1) is 12.6 Å². The van der Waals surface area contributed by atoms with Gasteiger partial charge in [0, 0.05) is 48.9 Å². The molecule has 4 heterocycles. The quantitative estimate of drug-likeness (QED) is 0.445. The Kier molecular flexibility index (Phi) is 6.48. The van der Waals surface area contributed by atoms with Crippen molar-refractivity contribution in [2.75, 3.05) is 13.2 Å². The standard InChI is InChI=1S/C19H25F2N3O4.ClH/c20-19(21)9-12-1-2-14(19)15(23-12)17(26)24-13(7-10-3-5-22-16(10)25)8-11-4-6-28-18(11)27;/h8,10,12-15,23H,1-7,9H2,(H,22,25)(H,24,26);1H/b11-8-;/t10-,12-,13-,14-,15-;/m0./s1. The van der Waals surface area contributed by atoms with Crippen molar-refractivity contribution in [1.29, 1.82) is 0 Å². The molecule has 2 amide bonds. The van der Waals surface area contributed by atoms with Crippen molar-refractivity contribution >= 4 is 30.2 Å². The van der Waals surface area contributed by atoms with E-state index in [4.69, 9.17) is 4.74 Å². The molecule has 3 N–H and O–H groups in total. The van der Waals surface area contributed by atoms with E-state index in [1.165, 1.54) is 0 Å². The number of piperidine rings is 2. The third-order valence-electron chi connectivity index (χ3n) is 6.29. The van der Waals surface area contributed by atoms with Gasteiger partial charge in [-0.3, -0.25) is 9.59 Å². The molecule has 1 saturated carbocycles. The molecule has 1 aliphatic carbocycles. The lowest BCUT2D eigenvalue weighted by Gasteiger charge is -2.47. The van der Waals surface area contributed by atoms with Gasteiger partial charge in [0.25, 0.3) is 5.92 Å². The Bertz CT molecular complexity index is 718. The summed E-state index contributed by atoms with van der Waals surface area (Å²) >= 11 is 0. The number of rotatable bonds is 5. The molecule has 0 aromatic rings. The summed E-state index contributed by atoms with van der Waals surface area (Å²) in [6.45, 7) is 0.859. The molecule has 29 heavy (non-hydrogen) atoms. The summed E-state index contributed by atoms with van der Waals surface area (Å²) in [6.07, 6.45) is 3.75. The monoisotopic (exact) mass is 433 g/mol. The molecule has 0 aromatic heterocycles. The van der Waals surface area contributed by atoms with Crippen LogP contribution < -0.4 is 16.0 Å². The first-order valence-corrected chi connectivity index (χ1v) is 9.93. The van der Waals surface area contributed by atoms with Crippen LogP contribution in [0, 0.1) is 11.8 Å². The van der Waals surface area contributed by atoms with Crippen molar-refractivity contribution in [2.45, 2.75) is 62.6 Å². The van der Waals surface area contributed by atoms with E-state index in [0.717, 1.165) is 0 Å². The number of nitrogens with one attached hydrogen (secondary N) is 3. The molecule has 0 radical (unpaired) electrons. The van der Waals surface area contributed by atoms with Gasteiger partial charge in [-0.25, -0.2) is 13.6 Å². The van der Waals surface area contributed by atoms with E-state index in [1.807, 2.05) is 0 Å². The number of carbonyl (C=O) groups excluding carboxylic acids is 3. The van der Waals surface area contributed by atoms with Crippen LogP contribution in [0.5, 0.6) is 0 Å². The topological polar surface area (TPSA) is 96.5 Å². The first-order valence-electron chi connectivity index (χ1n) is 9.93. The average molecular weight is 434 g/mol. The minimum Gasteiger partial charge on any atom is -0.462 e. The van der Waals surface area contributed by atoms with Gasteiger partial charge in [-0.1, -0.05) is 6.08 Å². The van der Waals surface area contributed by atoms with Gasteiger partial charge in [0.15, 0.2) is 0 Å². The second-order valence-corrected chi connectivity index (χ2v) is 8.20. The Morgan fingerprint density at radius 1 is 1.31 bits per heavy atom. The molecule has 10 heteroatoms. The van der Waals surface area contributed by atoms with Crippen LogP contribution in [0.4, 0.5) is 8.78 Å². The van der Waals surface area contributed by atoms with Crippen LogP contribution >= 0.6 is 12.4 Å². The third-order valence-corrected chi connectivity index (χ3v) is 6.29. The lowest BCUT2D eigenvalue weighted by atomic mass is 9.73. The molecule has 5 fully saturated rings. The molecule has 5 atom stereocenters. The maximum atomic E-state index is 14.3. The smallest absolute Gasteiger partial charge is 0.333 e. The number of halogens is 3. The number of fused-ring (bicyclic) bond motifs is 3. The molecule has 4 saturated heterocycles. The molecule has 0 unspecified atom stereocenters. The molecular formula is C19H26ClF2N3O4. The molecule has 162 valence electrons. The maximum Gasteiger partial charge on any atom is 0.333 e. The summed E-state index contributed by atoms with van der Waals surface area (Å²) in [6, 6.07) is -1.91. The lowest BCUT2D eigenvalue weighted by molar-refractivity contribution is -0.154. The molecule has 5 aliphatic rings. The number of hydrogen-bond acceptors (Lipinski definition) is 5. The zero-order valence-corrected chi connectivity index (χ0v) is 16.7. The summed E-state index contributed by atoms with van der Waals surface area (Å²) in [4.78, 5) is 36.6. The maximum absolute atomic E-state index is 14.3. The van der Waals surface area contributed by atoms with Gasteiger partial charge in [-0.2, -0.15) is 0 Å². The summed E-state index contributed by atoms with van der Waals surface area (Å²) in [7, 11) is 0. The number of esters is 1. The van der Waals surface area contributed by atoms with Crippen LogP contribution in [-0.2, 0) is 19.1 Å². The minimum atomic E-state index is -2.86. The van der Waals surface area contributed by atoms with Gasteiger partial charge in [0.1, 0.15) is 0 Å². The van der Waals surface area contributed by atoms with Gasteiger partial charge in [0.2, 0.25) is 11.8 Å². The lowest BCUT2D eigenvalue weighted by Crippen LogP contribution is -2.66. The van der Waals surface area contributed by atoms with Crippen molar-refractivity contribution in [3.63, 3.8) is 0 Å². The normalized spacial score (nSPS) is 35.0. The fourth-order valence-electron chi connectivity index (χ4n) is 4.82. The highest BCUT2D eigenvalue weighted by Gasteiger charge is 2.55. The predicted molar refractivity (Wildman–Crippen MR) is 102 cm³/mol. The van der Waals surface area contributed by atoms with Crippen LogP contribution in [0.25, 0.3) is 0 Å². The van der Waals surface area contributed by atoms with Crippen LogP contribution in [0.3, 0.4) is 0 Å². The number of cyclic esters (lactones) is 1. The van der Waals surface area contributed by atoms with Gasteiger partial charge >= 0.3 is 5.97 Å². The molecule has 0 spiro atoms. The van der Waals surface area contributed by atoms with Gasteiger partial charge < -0.3 is 20.7 Å². The van der Waals surface area contributed by atoms with E-state index in [9.17, 15) is 23.2 Å². The summed E-state index contributed by atoms with van der Waals surface area (Å²) in [5, 5.41) is 8.59. The Morgan fingerprint density at radius 3 is 2.69 bits per heavy atom. The minimum absolute atomic E-state index is 0. The van der Waals surface area contributed by atoms with Crippen LogP contribution in [0.1, 0.15) is 38.5 Å². The summed E-state index contributed by atoms with van der Waals surface area (Å²) in [5.41, 5.74) is 0.451. The molecule has 7 nitrogen and oxygen atoms in total. The molecular weight excluding hydrogens is 408 g/mol. The number of ether oxygens (including phenoxy) is 1. The Balaban J connectivity index is 0.00000240. The first-order chi connectivity index (χ1) is 13.3. The Labute approximate surface area is 173 Å². The average Bonchev–Trinajstić information content (AvgIpc) is 3.22. The van der Waals surface area contributed by atoms with E-state index in [-0.39, 0.29) is 43.3 Å². The van der Waals surface area contributed by atoms with Crippen LogP contribution in [0.2, 0.25) is 0 Å². The second-order valence-electron chi connectivity index (χ2n) is 8.20. The fraction of sp³-hybridized carbons (Fsp3) is 0.737. The number of carbonyl (C=O) groups is 3. The molecule has 2 bridgehead atoms. The van der Waals surface area contributed by atoms with Crippen molar-refractivity contribution in [3.05, 3.63) is 11.6 Å². The van der Waals surface area contributed by atoms with Crippen molar-refractivity contribution in [1.82, 2.24) is 16.0 Å². The van der Waals surface area contributed by atoms with E-state index in [1.54, 1.807) is 6.08 Å². The second kappa shape index (κ2) is 8.55. The third kappa shape index (κ3) is 4.55. The summed E-state index contributed by atoms with van der Waals surface area (Å²) < 4.78 is 33.5. The highest BCUT2D eigenvalue weighted by Crippen LogP contribution is 2.44. The number of hydrogen-bond donors (Lipinski definition) is 3. The zero-order chi connectivity index (χ0) is 19.9. The van der Waals surface area contributed by atoms with E-state index < -0.39 is 35.8 Å². The molecule has 5 rings (SSSR count). The number of alkyl halides is 2. The van der Waals surface area contributed by atoms with E-state index >= 15 is 0 Å². The number of amides is 2. The molecule has 0 aromatic carbocycles. The largest absolute Gasteiger partial charge is 0.462 e. The van der Waals surface area contributed by atoms with E-state index in [2.05, 4.69) is 16.0 Å². The van der Waals surface area contributed by atoms with Crippen molar-refractivity contribution in [2.24, 2.45) is 11.8 Å². The fourth-order valence-corrected chi connectivity index (χ4v) is 4.82. The zero-order valence-electron chi connectivity index (χ0n) is 15.9. The van der Waals surface area contributed by atoms with Crippen LogP contribution in [-0.4, -0.2) is 55.0 Å². The van der Waals surface area contributed by atoms with E-state index in [0.29, 0.717) is 44.2 Å². The Hall–Kier alpha value is -1.74. The summed E-state index contributed by atoms with van der Waals surface area (Å²) in [5.74, 6) is -5.19. The van der Waals surface area contributed by atoms with Gasteiger partial charge in [-0.15, -0.1) is 12.4 Å². The first kappa shape index (κ1) is 22.0. The van der Waals surface area contributed by atoms with Crippen LogP contribution in [0.15, 0.2) is 11.6 Å². The van der Waals surface area contributed by atoms with Crippen molar-refractivity contribution < 1.29 is 27.9 Å². The highest BCUT2D eigenvalue weighted by atomic mass is 35.5. The highest BCUT2D eigenvalue weighted by molar-refractivity contribution is 5.90. The Morgan fingerprint density at radius 2 is 2.10 bits per heavy atom. The van der Waals surface area contributed by atoms with Crippen molar-refractivity contribution in [3.8, 4) is 0 Å². The molecule has 4 aliphatic heterocycles. The SMILES string of the molecule is Cl.O=C1OCC/C1=C/[C@H](C[C@@H]1CCNC1=O)NC(=O)[C@H]1N[C@H]2CC[C@@H]1C(F)(F)C2. The predicted octanol–water partition coefficient (Wildman–Crippen LogP) is 1.07.